The highest BCUT2D eigenvalue weighted by Crippen LogP contribution is 2.11. The molecule has 44 heavy (non-hydrogen) atoms. The second-order valence-electron chi connectivity index (χ2n) is 11.6. The van der Waals surface area contributed by atoms with Gasteiger partial charge in [0.2, 0.25) is 0 Å². The molecule has 5 heteroatoms. The van der Waals surface area contributed by atoms with Crippen LogP contribution in [0.25, 0.3) is 0 Å². The van der Waals surface area contributed by atoms with Gasteiger partial charge in [0, 0.05) is 12.8 Å². The maximum atomic E-state index is 12.1. The van der Waals surface area contributed by atoms with E-state index in [-0.39, 0.29) is 25.2 Å². The van der Waals surface area contributed by atoms with E-state index in [0.717, 1.165) is 70.6 Å². The van der Waals surface area contributed by atoms with Gasteiger partial charge in [0.25, 0.3) is 0 Å². The highest BCUT2D eigenvalue weighted by Gasteiger charge is 2.16. The molecule has 0 spiro atoms. The molecule has 0 aromatic carbocycles. The summed E-state index contributed by atoms with van der Waals surface area (Å²) in [5.41, 5.74) is 0. The molecule has 0 saturated carbocycles. The van der Waals surface area contributed by atoms with Crippen LogP contribution in [0, 0.1) is 0 Å². The SMILES string of the molecule is CCC=CCC=CCC=CCC=CCCCCC(=O)OC[C@H](CO)OC(=O)CCCCCCCC=CCCCCCCCC. The number of aliphatic hydroxyl groups excluding tert-OH is 1. The standard InChI is InChI=1S/C39H66O5/c1-3-5-7-9-11-13-15-17-19-21-23-25-27-29-31-33-38(41)43-36-37(35-40)44-39(42)34-32-30-28-26-24-22-20-18-16-14-12-10-8-6-4-2/h5,7,11,13,17-20,23,25,37,40H,3-4,6,8-10,12,14-16,21-22,24,26-36H2,1-2H3/t37-/m0/s1. The van der Waals surface area contributed by atoms with E-state index in [9.17, 15) is 14.7 Å². The van der Waals surface area contributed by atoms with E-state index in [1.165, 1.54) is 57.8 Å². The quantitative estimate of drug-likeness (QED) is 0.0478. The van der Waals surface area contributed by atoms with E-state index in [1.54, 1.807) is 0 Å². The minimum atomic E-state index is -0.793. The molecule has 0 aliphatic heterocycles. The van der Waals surface area contributed by atoms with Crippen molar-refractivity contribution in [3.63, 3.8) is 0 Å². The fraction of sp³-hybridized carbons (Fsp3) is 0.692. The molecule has 0 aliphatic carbocycles. The van der Waals surface area contributed by atoms with Crippen LogP contribution in [0.2, 0.25) is 0 Å². The number of carbonyl (C=O) groups is 2. The Bertz CT molecular complexity index is 792. The Hall–Kier alpha value is -2.40. The minimum Gasteiger partial charge on any atom is -0.462 e. The summed E-state index contributed by atoms with van der Waals surface area (Å²) in [6.45, 7) is 3.95. The first-order valence-electron chi connectivity index (χ1n) is 17.8. The van der Waals surface area contributed by atoms with Gasteiger partial charge in [-0.2, -0.15) is 0 Å². The number of allylic oxidation sites excluding steroid dienone is 10. The first-order chi connectivity index (χ1) is 21.6. The molecule has 0 amide bonds. The lowest BCUT2D eigenvalue weighted by molar-refractivity contribution is -0.161. The minimum absolute atomic E-state index is 0.0929. The molecule has 0 radical (unpaired) electrons. The van der Waals surface area contributed by atoms with E-state index >= 15 is 0 Å². The number of aliphatic hydroxyl groups is 1. The summed E-state index contributed by atoms with van der Waals surface area (Å²) in [5.74, 6) is -0.655. The zero-order chi connectivity index (χ0) is 32.2. The van der Waals surface area contributed by atoms with Gasteiger partial charge in [0.15, 0.2) is 6.10 Å². The number of ether oxygens (including phenoxy) is 2. The predicted octanol–water partition coefficient (Wildman–Crippen LogP) is 10.8. The molecule has 1 atom stereocenters. The first-order valence-corrected chi connectivity index (χ1v) is 17.8. The number of rotatable bonds is 31. The van der Waals surface area contributed by atoms with Gasteiger partial charge in [-0.05, 0) is 77.0 Å². The van der Waals surface area contributed by atoms with E-state index in [2.05, 4.69) is 74.6 Å². The third-order valence-electron chi connectivity index (χ3n) is 7.30. The van der Waals surface area contributed by atoms with Gasteiger partial charge in [-0.25, -0.2) is 0 Å². The highest BCUT2D eigenvalue weighted by molar-refractivity contribution is 5.70. The average Bonchev–Trinajstić information content (AvgIpc) is 3.02. The molecule has 1 N–H and O–H groups in total. The number of hydrogen-bond acceptors (Lipinski definition) is 5. The van der Waals surface area contributed by atoms with Gasteiger partial charge in [0.1, 0.15) is 6.61 Å². The Morgan fingerprint density at radius 2 is 0.977 bits per heavy atom. The lowest BCUT2D eigenvalue weighted by Crippen LogP contribution is -2.28. The van der Waals surface area contributed by atoms with Crippen molar-refractivity contribution in [2.45, 2.75) is 161 Å². The maximum Gasteiger partial charge on any atom is 0.306 e. The topological polar surface area (TPSA) is 72.8 Å². The van der Waals surface area contributed by atoms with Crippen LogP contribution in [0.15, 0.2) is 60.8 Å². The second-order valence-corrected chi connectivity index (χ2v) is 11.6. The lowest BCUT2D eigenvalue weighted by Gasteiger charge is -2.15. The fourth-order valence-corrected chi connectivity index (χ4v) is 4.60. The average molecular weight is 615 g/mol. The Labute approximate surface area is 271 Å². The van der Waals surface area contributed by atoms with Crippen molar-refractivity contribution in [3.8, 4) is 0 Å². The molecule has 0 aliphatic rings. The van der Waals surface area contributed by atoms with Crippen molar-refractivity contribution >= 4 is 11.9 Å². The molecule has 0 fully saturated rings. The van der Waals surface area contributed by atoms with E-state index in [4.69, 9.17) is 9.47 Å². The highest BCUT2D eigenvalue weighted by atomic mass is 16.6. The van der Waals surface area contributed by atoms with Crippen LogP contribution in [0.1, 0.15) is 155 Å². The molecule has 0 saturated heterocycles. The fourth-order valence-electron chi connectivity index (χ4n) is 4.60. The summed E-state index contributed by atoms with van der Waals surface area (Å²) in [6.07, 6.45) is 44.2. The number of esters is 2. The van der Waals surface area contributed by atoms with Gasteiger partial charge < -0.3 is 14.6 Å². The van der Waals surface area contributed by atoms with Gasteiger partial charge in [-0.15, -0.1) is 0 Å². The van der Waals surface area contributed by atoms with Crippen LogP contribution in [-0.4, -0.2) is 36.4 Å². The molecule has 0 aromatic heterocycles. The predicted molar refractivity (Wildman–Crippen MR) is 187 cm³/mol. The Balaban J connectivity index is 3.68. The van der Waals surface area contributed by atoms with Crippen molar-refractivity contribution < 1.29 is 24.2 Å². The van der Waals surface area contributed by atoms with Crippen LogP contribution in [-0.2, 0) is 19.1 Å². The zero-order valence-electron chi connectivity index (χ0n) is 28.4. The Morgan fingerprint density at radius 3 is 1.55 bits per heavy atom. The van der Waals surface area contributed by atoms with Crippen LogP contribution in [0.5, 0.6) is 0 Å². The zero-order valence-corrected chi connectivity index (χ0v) is 28.4. The molecule has 0 rings (SSSR count). The van der Waals surface area contributed by atoms with Gasteiger partial charge in [-0.3, -0.25) is 9.59 Å². The number of hydrogen-bond donors (Lipinski definition) is 1. The van der Waals surface area contributed by atoms with Crippen molar-refractivity contribution in [1.82, 2.24) is 0 Å². The summed E-state index contributed by atoms with van der Waals surface area (Å²) in [6, 6.07) is 0. The third-order valence-corrected chi connectivity index (χ3v) is 7.30. The summed E-state index contributed by atoms with van der Waals surface area (Å²) in [5, 5.41) is 9.52. The molecular formula is C39H66O5. The van der Waals surface area contributed by atoms with E-state index in [1.807, 2.05) is 0 Å². The first kappa shape index (κ1) is 41.6. The summed E-state index contributed by atoms with van der Waals surface area (Å²) in [4.78, 5) is 24.1. The third kappa shape index (κ3) is 32.5. The summed E-state index contributed by atoms with van der Waals surface area (Å²) in [7, 11) is 0. The summed E-state index contributed by atoms with van der Waals surface area (Å²) >= 11 is 0. The van der Waals surface area contributed by atoms with E-state index in [0.29, 0.717) is 12.8 Å². The van der Waals surface area contributed by atoms with Crippen molar-refractivity contribution in [2.24, 2.45) is 0 Å². The van der Waals surface area contributed by atoms with Gasteiger partial charge in [0.05, 0.1) is 6.61 Å². The van der Waals surface area contributed by atoms with Crippen LogP contribution in [0.4, 0.5) is 0 Å². The van der Waals surface area contributed by atoms with Crippen LogP contribution < -0.4 is 0 Å². The Morgan fingerprint density at radius 1 is 0.545 bits per heavy atom. The number of carbonyl (C=O) groups excluding carboxylic acids is 2. The molecule has 0 aromatic rings. The van der Waals surface area contributed by atoms with Gasteiger partial charge >= 0.3 is 11.9 Å². The van der Waals surface area contributed by atoms with E-state index < -0.39 is 6.10 Å². The summed E-state index contributed by atoms with van der Waals surface area (Å²) < 4.78 is 10.5. The maximum absolute atomic E-state index is 12.1. The van der Waals surface area contributed by atoms with Crippen molar-refractivity contribution in [3.05, 3.63) is 60.8 Å². The Kier molecular flexibility index (Phi) is 33.2. The second kappa shape index (κ2) is 35.1. The van der Waals surface area contributed by atoms with Crippen molar-refractivity contribution in [1.29, 1.82) is 0 Å². The monoisotopic (exact) mass is 614 g/mol. The molecular weight excluding hydrogens is 548 g/mol. The molecule has 0 heterocycles. The molecule has 0 unspecified atom stereocenters. The molecule has 0 bridgehead atoms. The number of unbranched alkanes of at least 4 members (excludes halogenated alkanes) is 13. The largest absolute Gasteiger partial charge is 0.462 e. The molecule has 5 nitrogen and oxygen atoms in total. The molecule has 252 valence electrons. The smallest absolute Gasteiger partial charge is 0.306 e. The van der Waals surface area contributed by atoms with Crippen molar-refractivity contribution in [2.75, 3.05) is 13.2 Å². The van der Waals surface area contributed by atoms with Crippen LogP contribution >= 0.6 is 0 Å². The normalized spacial score (nSPS) is 12.9. The van der Waals surface area contributed by atoms with Gasteiger partial charge in [-0.1, -0.05) is 126 Å². The van der Waals surface area contributed by atoms with Crippen LogP contribution in [0.3, 0.4) is 0 Å². The lowest BCUT2D eigenvalue weighted by atomic mass is 10.1.